The van der Waals surface area contributed by atoms with Gasteiger partial charge in [-0.05, 0) is 19.1 Å². The van der Waals surface area contributed by atoms with E-state index < -0.39 is 5.76 Å². The van der Waals surface area contributed by atoms with Crippen LogP contribution in [0.25, 0.3) is 0 Å². The number of hydrogen-bond donors (Lipinski definition) is 0. The maximum absolute atomic E-state index is 11.4. The molecule has 98 valence electrons. The van der Waals surface area contributed by atoms with Crippen LogP contribution in [0, 0.1) is 6.92 Å². The average molecular weight is 259 g/mol. The average Bonchev–Trinajstić information content (AvgIpc) is 3.02. The van der Waals surface area contributed by atoms with Crippen LogP contribution in [-0.2, 0) is 11.3 Å². The van der Waals surface area contributed by atoms with Crippen molar-refractivity contribution in [2.75, 3.05) is 6.54 Å². The Morgan fingerprint density at radius 2 is 2.16 bits per heavy atom. The summed E-state index contributed by atoms with van der Waals surface area (Å²) in [5.74, 6) is 0.698. The van der Waals surface area contributed by atoms with Gasteiger partial charge in [-0.25, -0.2) is 9.79 Å². The van der Waals surface area contributed by atoms with E-state index in [1.807, 2.05) is 30.3 Å². The highest BCUT2D eigenvalue weighted by Crippen LogP contribution is 2.13. The van der Waals surface area contributed by atoms with E-state index in [9.17, 15) is 4.79 Å². The molecule has 1 aliphatic rings. The first-order valence-corrected chi connectivity index (χ1v) is 6.03. The summed E-state index contributed by atoms with van der Waals surface area (Å²) in [6.07, 6.45) is -0.161. The summed E-state index contributed by atoms with van der Waals surface area (Å²) in [4.78, 5) is 15.8. The predicted molar refractivity (Wildman–Crippen MR) is 68.2 cm³/mol. The Bertz CT molecular complexity index is 657. The molecule has 1 aromatic carbocycles. The molecule has 1 aliphatic heterocycles. The van der Waals surface area contributed by atoms with Gasteiger partial charge in [-0.15, -0.1) is 0 Å². The Morgan fingerprint density at radius 3 is 2.84 bits per heavy atom. The van der Waals surface area contributed by atoms with Crippen LogP contribution in [-0.4, -0.2) is 28.3 Å². The molecule has 0 radical (unpaired) electrons. The number of aryl methyl sites for hydroxylation is 1. The van der Waals surface area contributed by atoms with Gasteiger partial charge >= 0.3 is 5.76 Å². The monoisotopic (exact) mass is 259 g/mol. The Hall–Kier alpha value is -2.37. The molecule has 0 amide bonds. The van der Waals surface area contributed by atoms with E-state index in [-0.39, 0.29) is 6.10 Å². The number of rotatable bonds is 3. The van der Waals surface area contributed by atoms with Crippen LogP contribution in [0.2, 0.25) is 0 Å². The first-order chi connectivity index (χ1) is 9.24. The van der Waals surface area contributed by atoms with Crippen LogP contribution in [0.15, 0.2) is 44.6 Å². The minimum atomic E-state index is -0.464. The molecule has 1 atom stereocenters. The van der Waals surface area contributed by atoms with Crippen molar-refractivity contribution in [1.29, 1.82) is 0 Å². The van der Waals surface area contributed by atoms with Crippen molar-refractivity contribution < 1.29 is 9.26 Å². The summed E-state index contributed by atoms with van der Waals surface area (Å²) < 4.78 is 11.8. The zero-order chi connectivity index (χ0) is 13.2. The third kappa shape index (κ3) is 2.29. The Labute approximate surface area is 109 Å². The molecule has 1 aromatic heterocycles. The minimum absolute atomic E-state index is 0.161. The highest BCUT2D eigenvalue weighted by atomic mass is 16.5. The lowest BCUT2D eigenvalue weighted by atomic mass is 10.2. The van der Waals surface area contributed by atoms with E-state index in [0.717, 1.165) is 5.56 Å². The lowest BCUT2D eigenvalue weighted by molar-refractivity contribution is 0.197. The normalized spacial score (nSPS) is 18.2. The molecule has 0 saturated carbocycles. The van der Waals surface area contributed by atoms with Gasteiger partial charge in [-0.2, -0.15) is 0 Å². The zero-order valence-corrected chi connectivity index (χ0v) is 10.4. The third-order valence-corrected chi connectivity index (χ3v) is 2.99. The molecular weight excluding hydrogens is 246 g/mol. The number of hydrogen-bond acceptors (Lipinski definition) is 5. The van der Waals surface area contributed by atoms with Crippen LogP contribution in [0.3, 0.4) is 0 Å². The smallest absolute Gasteiger partial charge is 0.441 e. The number of benzene rings is 1. The van der Waals surface area contributed by atoms with Gasteiger partial charge < -0.3 is 4.74 Å². The third-order valence-electron chi connectivity index (χ3n) is 2.99. The molecule has 0 saturated heterocycles. The summed E-state index contributed by atoms with van der Waals surface area (Å²) in [7, 11) is 0. The minimum Gasteiger partial charge on any atom is -0.470 e. The van der Waals surface area contributed by atoms with Crippen LogP contribution < -0.4 is 5.76 Å². The summed E-state index contributed by atoms with van der Waals surface area (Å²) in [6.45, 7) is 2.65. The maximum Gasteiger partial charge on any atom is 0.441 e. The Kier molecular flexibility index (Phi) is 2.91. The molecule has 6 heteroatoms. The van der Waals surface area contributed by atoms with Crippen molar-refractivity contribution in [2.24, 2.45) is 4.99 Å². The Morgan fingerprint density at radius 1 is 1.37 bits per heavy atom. The molecule has 0 aliphatic carbocycles. The van der Waals surface area contributed by atoms with E-state index in [4.69, 9.17) is 4.74 Å². The largest absolute Gasteiger partial charge is 0.470 e. The second kappa shape index (κ2) is 4.72. The molecule has 0 spiro atoms. The van der Waals surface area contributed by atoms with E-state index in [1.54, 1.807) is 6.92 Å². The summed E-state index contributed by atoms with van der Waals surface area (Å²) in [5, 5.41) is 3.62. The molecule has 0 fully saturated rings. The van der Waals surface area contributed by atoms with Crippen LogP contribution in [0.5, 0.6) is 0 Å². The lowest BCUT2D eigenvalue weighted by Gasteiger charge is -2.11. The van der Waals surface area contributed by atoms with Crippen LogP contribution in [0.1, 0.15) is 11.4 Å². The van der Waals surface area contributed by atoms with E-state index in [1.165, 1.54) is 4.57 Å². The van der Waals surface area contributed by atoms with E-state index in [0.29, 0.717) is 24.8 Å². The number of ether oxygens (including phenoxy) is 1. The second-order valence-electron chi connectivity index (χ2n) is 4.36. The van der Waals surface area contributed by atoms with Crippen molar-refractivity contribution in [1.82, 2.24) is 9.72 Å². The molecule has 19 heavy (non-hydrogen) atoms. The van der Waals surface area contributed by atoms with Crippen molar-refractivity contribution in [3.63, 3.8) is 0 Å². The zero-order valence-electron chi connectivity index (χ0n) is 10.4. The van der Waals surface area contributed by atoms with Crippen molar-refractivity contribution in [3.05, 3.63) is 52.3 Å². The highest BCUT2D eigenvalue weighted by Gasteiger charge is 2.23. The van der Waals surface area contributed by atoms with Gasteiger partial charge in [-0.1, -0.05) is 23.4 Å². The van der Waals surface area contributed by atoms with Gasteiger partial charge in [0.05, 0.1) is 13.1 Å². The molecule has 6 nitrogen and oxygen atoms in total. The fraction of sp³-hybridized carbons (Fsp3) is 0.308. The van der Waals surface area contributed by atoms with Crippen LogP contribution in [0.4, 0.5) is 0 Å². The molecule has 3 rings (SSSR count). The lowest BCUT2D eigenvalue weighted by Crippen LogP contribution is -2.27. The topological polar surface area (TPSA) is 69.6 Å². The molecule has 2 heterocycles. The summed E-state index contributed by atoms with van der Waals surface area (Å²) >= 11 is 0. The molecular formula is C13H13N3O3. The van der Waals surface area contributed by atoms with Gasteiger partial charge in [0.2, 0.25) is 5.90 Å². The maximum atomic E-state index is 11.4. The van der Waals surface area contributed by atoms with E-state index in [2.05, 4.69) is 14.7 Å². The van der Waals surface area contributed by atoms with E-state index >= 15 is 0 Å². The molecule has 0 N–H and O–H groups in total. The van der Waals surface area contributed by atoms with Crippen LogP contribution >= 0.6 is 0 Å². The van der Waals surface area contributed by atoms with Gasteiger partial charge in [-0.3, -0.25) is 9.09 Å². The fourth-order valence-electron chi connectivity index (χ4n) is 2.00. The van der Waals surface area contributed by atoms with Gasteiger partial charge in [0.15, 0.2) is 5.82 Å². The molecule has 1 unspecified atom stereocenters. The SMILES string of the molecule is Cc1noc(=O)n1CC1CN=C(c2ccccc2)O1. The number of aromatic nitrogens is 2. The van der Waals surface area contributed by atoms with Gasteiger partial charge in [0.1, 0.15) is 6.10 Å². The summed E-state index contributed by atoms with van der Waals surface area (Å²) in [6, 6.07) is 9.69. The first kappa shape index (κ1) is 11.7. The van der Waals surface area contributed by atoms with Gasteiger partial charge in [0, 0.05) is 5.56 Å². The Balaban J connectivity index is 1.71. The van der Waals surface area contributed by atoms with Crippen molar-refractivity contribution >= 4 is 5.90 Å². The number of nitrogens with zero attached hydrogens (tertiary/aromatic N) is 3. The fourth-order valence-corrected chi connectivity index (χ4v) is 2.00. The van der Waals surface area contributed by atoms with Crippen molar-refractivity contribution in [3.8, 4) is 0 Å². The summed E-state index contributed by atoms with van der Waals surface area (Å²) in [5.41, 5.74) is 0.944. The van der Waals surface area contributed by atoms with Crippen molar-refractivity contribution in [2.45, 2.75) is 19.6 Å². The quantitative estimate of drug-likeness (QED) is 0.824. The second-order valence-corrected chi connectivity index (χ2v) is 4.36. The highest BCUT2D eigenvalue weighted by molar-refractivity contribution is 5.95. The molecule has 2 aromatic rings. The number of aliphatic imine (C=N–C) groups is 1. The standard InChI is InChI=1S/C13H13N3O3/c1-9-15-19-13(17)16(9)8-11-7-14-12(18-11)10-5-3-2-4-6-10/h2-6,11H,7-8H2,1H3. The molecule has 0 bridgehead atoms. The van der Waals surface area contributed by atoms with Gasteiger partial charge in [0.25, 0.3) is 0 Å². The predicted octanol–water partition coefficient (Wildman–Crippen LogP) is 0.990. The first-order valence-electron chi connectivity index (χ1n) is 6.03.